The minimum Gasteiger partial charge on any atom is -0.381 e. The molecule has 3 nitrogen and oxygen atoms in total. The van der Waals surface area contributed by atoms with Crippen molar-refractivity contribution in [3.8, 4) is 0 Å². The van der Waals surface area contributed by atoms with Gasteiger partial charge in [0.25, 0.3) is 0 Å². The molecular weight excluding hydrogens is 198 g/mol. The van der Waals surface area contributed by atoms with Gasteiger partial charge in [0.1, 0.15) is 0 Å². The number of rotatable bonds is 2. The average Bonchev–Trinajstić information content (AvgIpc) is 2.67. The van der Waals surface area contributed by atoms with Gasteiger partial charge in [0, 0.05) is 24.8 Å². The summed E-state index contributed by atoms with van der Waals surface area (Å²) < 4.78 is 5.33. The van der Waals surface area contributed by atoms with Gasteiger partial charge >= 0.3 is 0 Å². The van der Waals surface area contributed by atoms with Crippen molar-refractivity contribution in [3.63, 3.8) is 0 Å². The van der Waals surface area contributed by atoms with Gasteiger partial charge in [-0.25, -0.2) is 4.98 Å². The van der Waals surface area contributed by atoms with Crippen molar-refractivity contribution in [1.82, 2.24) is 4.98 Å². The van der Waals surface area contributed by atoms with Crippen molar-refractivity contribution in [2.24, 2.45) is 0 Å². The molecule has 0 unspecified atom stereocenters. The number of carbonyl (C=O) groups is 1. The molecule has 0 atom stereocenters. The number of aldehydes is 1. The highest BCUT2D eigenvalue weighted by Crippen LogP contribution is 2.36. The lowest BCUT2D eigenvalue weighted by Crippen LogP contribution is -2.30. The van der Waals surface area contributed by atoms with Crippen molar-refractivity contribution < 1.29 is 9.53 Å². The fraction of sp³-hybridized carbons (Fsp3) is 0.600. The molecule has 76 valence electrons. The highest BCUT2D eigenvalue weighted by atomic mass is 32.1. The Labute approximate surface area is 87.1 Å². The first kappa shape index (κ1) is 9.80. The van der Waals surface area contributed by atoms with Crippen molar-refractivity contribution in [2.75, 3.05) is 13.2 Å². The summed E-state index contributed by atoms with van der Waals surface area (Å²) in [6, 6.07) is 0. The Bertz CT molecular complexity index is 329. The third-order valence-electron chi connectivity index (χ3n) is 2.75. The molecule has 0 amide bonds. The predicted octanol–water partition coefficient (Wildman–Crippen LogP) is 2.02. The van der Waals surface area contributed by atoms with E-state index in [2.05, 4.69) is 11.9 Å². The van der Waals surface area contributed by atoms with Gasteiger partial charge in [-0.3, -0.25) is 4.79 Å². The normalized spacial score (nSPS) is 20.6. The quantitative estimate of drug-likeness (QED) is 0.702. The smallest absolute Gasteiger partial charge is 0.161 e. The molecule has 0 aromatic carbocycles. The molecule has 0 aliphatic carbocycles. The molecule has 4 heteroatoms. The second-order valence-corrected chi connectivity index (χ2v) is 4.92. The lowest BCUT2D eigenvalue weighted by molar-refractivity contribution is 0.0563. The van der Waals surface area contributed by atoms with Crippen LogP contribution in [-0.2, 0) is 10.2 Å². The first-order chi connectivity index (χ1) is 6.74. The minimum atomic E-state index is 0.115. The van der Waals surface area contributed by atoms with Crippen LogP contribution in [0.2, 0.25) is 0 Å². The highest BCUT2D eigenvalue weighted by Gasteiger charge is 2.32. The number of hydrogen-bond acceptors (Lipinski definition) is 4. The summed E-state index contributed by atoms with van der Waals surface area (Å²) >= 11 is 1.50. The van der Waals surface area contributed by atoms with Gasteiger partial charge in [0.15, 0.2) is 6.29 Å². The monoisotopic (exact) mass is 211 g/mol. The van der Waals surface area contributed by atoms with E-state index in [1.807, 2.05) is 0 Å². The second-order valence-electron chi connectivity index (χ2n) is 3.86. The van der Waals surface area contributed by atoms with E-state index < -0.39 is 0 Å². The van der Waals surface area contributed by atoms with E-state index in [1.54, 1.807) is 6.20 Å². The fourth-order valence-electron chi connectivity index (χ4n) is 1.66. The maximum Gasteiger partial charge on any atom is 0.161 e. The number of aromatic nitrogens is 1. The first-order valence-electron chi connectivity index (χ1n) is 4.74. The molecule has 2 heterocycles. The standard InChI is InChI=1S/C10H13NO2S/c1-10(2-4-13-5-3-10)9-11-6-8(7-12)14-9/h6-7H,2-5H2,1H3. The largest absolute Gasteiger partial charge is 0.381 e. The van der Waals surface area contributed by atoms with Crippen LogP contribution >= 0.6 is 11.3 Å². The molecule has 0 spiro atoms. The lowest BCUT2D eigenvalue weighted by atomic mass is 9.83. The maximum atomic E-state index is 10.6. The van der Waals surface area contributed by atoms with E-state index >= 15 is 0 Å². The Balaban J connectivity index is 2.23. The van der Waals surface area contributed by atoms with Gasteiger partial charge in [-0.15, -0.1) is 11.3 Å². The summed E-state index contributed by atoms with van der Waals surface area (Å²) in [5.74, 6) is 0. The Hall–Kier alpha value is -0.740. The second kappa shape index (κ2) is 3.79. The summed E-state index contributed by atoms with van der Waals surface area (Å²) in [5, 5.41) is 1.07. The van der Waals surface area contributed by atoms with Crippen LogP contribution in [0.15, 0.2) is 6.20 Å². The van der Waals surface area contributed by atoms with Crippen LogP contribution < -0.4 is 0 Å². The van der Waals surface area contributed by atoms with Gasteiger partial charge < -0.3 is 4.74 Å². The van der Waals surface area contributed by atoms with Gasteiger partial charge in [-0.05, 0) is 12.8 Å². The Morgan fingerprint density at radius 2 is 2.29 bits per heavy atom. The summed E-state index contributed by atoms with van der Waals surface area (Å²) in [6.45, 7) is 3.79. The predicted molar refractivity (Wildman–Crippen MR) is 54.9 cm³/mol. The number of ether oxygens (including phenoxy) is 1. The first-order valence-corrected chi connectivity index (χ1v) is 5.55. The molecule has 0 N–H and O–H groups in total. The summed E-state index contributed by atoms with van der Waals surface area (Å²) in [7, 11) is 0. The molecule has 1 aromatic rings. The van der Waals surface area contributed by atoms with Gasteiger partial charge in [0.2, 0.25) is 0 Å². The van der Waals surface area contributed by atoms with Crippen LogP contribution in [-0.4, -0.2) is 24.5 Å². The summed E-state index contributed by atoms with van der Waals surface area (Å²) in [5.41, 5.74) is 0.115. The molecule has 1 aliphatic rings. The van der Waals surface area contributed by atoms with Crippen LogP contribution in [0.25, 0.3) is 0 Å². The van der Waals surface area contributed by atoms with E-state index in [0.29, 0.717) is 4.88 Å². The summed E-state index contributed by atoms with van der Waals surface area (Å²) in [4.78, 5) is 15.6. The molecule has 0 bridgehead atoms. The molecule has 14 heavy (non-hydrogen) atoms. The lowest BCUT2D eigenvalue weighted by Gasteiger charge is -2.31. The topological polar surface area (TPSA) is 39.2 Å². The zero-order valence-corrected chi connectivity index (χ0v) is 8.97. The molecular formula is C10H13NO2S. The molecule has 0 radical (unpaired) electrons. The van der Waals surface area contributed by atoms with Gasteiger partial charge in [-0.1, -0.05) is 6.92 Å². The summed E-state index contributed by atoms with van der Waals surface area (Å²) in [6.07, 6.45) is 4.52. The van der Waals surface area contributed by atoms with Crippen LogP contribution in [0.1, 0.15) is 34.4 Å². The third kappa shape index (κ3) is 1.72. The molecule has 2 rings (SSSR count). The van der Waals surface area contributed by atoms with Crippen molar-refractivity contribution >= 4 is 17.6 Å². The molecule has 1 aromatic heterocycles. The van der Waals surface area contributed by atoms with Crippen LogP contribution in [0, 0.1) is 0 Å². The fourth-order valence-corrected chi connectivity index (χ4v) is 2.59. The number of nitrogens with zero attached hydrogens (tertiary/aromatic N) is 1. The van der Waals surface area contributed by atoms with Gasteiger partial charge in [0.05, 0.1) is 9.88 Å². The van der Waals surface area contributed by atoms with Crippen LogP contribution in [0.4, 0.5) is 0 Å². The van der Waals surface area contributed by atoms with E-state index in [9.17, 15) is 4.79 Å². The zero-order chi connectivity index (χ0) is 10.0. The van der Waals surface area contributed by atoms with Crippen molar-refractivity contribution in [1.29, 1.82) is 0 Å². The maximum absolute atomic E-state index is 10.6. The molecule has 0 saturated carbocycles. The highest BCUT2D eigenvalue weighted by molar-refractivity contribution is 7.13. The number of carbonyl (C=O) groups excluding carboxylic acids is 1. The van der Waals surface area contributed by atoms with E-state index in [-0.39, 0.29) is 5.41 Å². The Morgan fingerprint density at radius 3 is 2.86 bits per heavy atom. The van der Waals surface area contributed by atoms with E-state index in [4.69, 9.17) is 4.74 Å². The van der Waals surface area contributed by atoms with E-state index in [0.717, 1.165) is 37.3 Å². The van der Waals surface area contributed by atoms with Crippen LogP contribution in [0.3, 0.4) is 0 Å². The number of hydrogen-bond donors (Lipinski definition) is 0. The molecule has 1 saturated heterocycles. The average molecular weight is 211 g/mol. The van der Waals surface area contributed by atoms with Crippen molar-refractivity contribution in [3.05, 3.63) is 16.1 Å². The Kier molecular flexibility index (Phi) is 2.65. The van der Waals surface area contributed by atoms with Gasteiger partial charge in [-0.2, -0.15) is 0 Å². The Morgan fingerprint density at radius 1 is 1.57 bits per heavy atom. The van der Waals surface area contributed by atoms with Crippen molar-refractivity contribution in [2.45, 2.75) is 25.2 Å². The molecule has 1 fully saturated rings. The minimum absolute atomic E-state index is 0.115. The zero-order valence-electron chi connectivity index (χ0n) is 8.16. The van der Waals surface area contributed by atoms with Crippen LogP contribution in [0.5, 0.6) is 0 Å². The van der Waals surface area contributed by atoms with E-state index in [1.165, 1.54) is 11.3 Å². The SMILES string of the molecule is CC1(c2ncc(C=O)s2)CCOCC1. The third-order valence-corrected chi connectivity index (χ3v) is 3.98. The number of thiazole rings is 1. The molecule has 1 aliphatic heterocycles.